The van der Waals surface area contributed by atoms with Gasteiger partial charge < -0.3 is 35.6 Å². The van der Waals surface area contributed by atoms with Crippen molar-refractivity contribution in [3.05, 3.63) is 21.9 Å². The number of nitro groups is 1. The Morgan fingerprint density at radius 2 is 1.76 bits per heavy atom. The van der Waals surface area contributed by atoms with Crippen LogP contribution in [0.2, 0.25) is 0 Å². The number of carbonyl (C=O) groups excluding carboxylic acids is 4. The minimum Gasteiger partial charge on any atom is -0.459 e. The predicted molar refractivity (Wildman–Crippen MR) is 181 cm³/mol. The Morgan fingerprint density at radius 1 is 1.10 bits per heavy atom. The number of amides is 3. The summed E-state index contributed by atoms with van der Waals surface area (Å²) in [6.07, 6.45) is 4.58. The maximum absolute atomic E-state index is 14.1. The van der Waals surface area contributed by atoms with Crippen molar-refractivity contribution < 1.29 is 42.1 Å². The summed E-state index contributed by atoms with van der Waals surface area (Å²) < 4.78 is 37.4. The van der Waals surface area contributed by atoms with Gasteiger partial charge in [-0.1, -0.05) is 32.8 Å². The molecule has 2 aliphatic heterocycles. The first kappa shape index (κ1) is 41.4. The molecule has 2 rings (SSSR count). The Bertz CT molecular complexity index is 1360. The van der Waals surface area contributed by atoms with E-state index in [1.54, 1.807) is 33.8 Å². The van der Waals surface area contributed by atoms with Crippen LogP contribution in [0, 0.1) is 22.0 Å². The molecular formula is C31H53N7O10S. The van der Waals surface area contributed by atoms with Crippen LogP contribution in [0.15, 0.2) is 16.9 Å². The van der Waals surface area contributed by atoms with E-state index in [1.807, 2.05) is 13.8 Å². The van der Waals surface area contributed by atoms with Gasteiger partial charge in [0, 0.05) is 32.2 Å². The molecule has 0 radical (unpaired) electrons. The molecule has 3 atom stereocenters. The van der Waals surface area contributed by atoms with Crippen LogP contribution >= 0.6 is 0 Å². The highest BCUT2D eigenvalue weighted by Gasteiger charge is 2.41. The average molecular weight is 716 g/mol. The molecule has 0 saturated carbocycles. The number of rotatable bonds is 17. The largest absolute Gasteiger partial charge is 0.459 e. The second kappa shape index (κ2) is 18.8. The molecule has 0 bridgehead atoms. The maximum atomic E-state index is 14.1. The molecule has 0 aliphatic carbocycles. The molecular weight excluding hydrogens is 662 g/mol. The molecule has 0 aromatic heterocycles. The second-order valence-corrected chi connectivity index (χ2v) is 15.3. The van der Waals surface area contributed by atoms with Gasteiger partial charge >= 0.3 is 5.97 Å². The highest BCUT2D eigenvalue weighted by molar-refractivity contribution is 7.92. The highest BCUT2D eigenvalue weighted by atomic mass is 32.2. The number of esters is 1. The van der Waals surface area contributed by atoms with Crippen LogP contribution in [0.5, 0.6) is 0 Å². The Hall–Kier alpha value is -3.80. The van der Waals surface area contributed by atoms with E-state index in [1.165, 1.54) is 9.80 Å². The third kappa shape index (κ3) is 13.2. The number of nitrogens with zero attached hydrogens (tertiary/aromatic N) is 4. The highest BCUT2D eigenvalue weighted by Crippen LogP contribution is 2.24. The van der Waals surface area contributed by atoms with E-state index < -0.39 is 73.9 Å². The van der Waals surface area contributed by atoms with Gasteiger partial charge in [-0.25, -0.2) is 18.5 Å². The van der Waals surface area contributed by atoms with Crippen LogP contribution in [-0.2, 0) is 38.5 Å². The standard InChI is InChI=1S/C31H53N7O10S/c1-7-12-21(13-8-2)26(40)33-18-22(19-49(45,46)20-25(39)48-31(4,5)6)28(42)36-16-11-15-24(36)27(41)34-23-14-10-17-37(29(23)47-9-3)30(32)35-38(43)44/h14,21-22,24,29H,7-13,15-20H2,1-6H3,(H2,32,35)(H,33,40)(H,34,41). The van der Waals surface area contributed by atoms with Crippen LogP contribution in [0.3, 0.4) is 0 Å². The van der Waals surface area contributed by atoms with E-state index in [2.05, 4.69) is 15.7 Å². The van der Waals surface area contributed by atoms with Crippen molar-refractivity contribution in [1.29, 1.82) is 0 Å². The van der Waals surface area contributed by atoms with Gasteiger partial charge in [-0.15, -0.1) is 0 Å². The monoisotopic (exact) mass is 715 g/mol. The van der Waals surface area contributed by atoms with Crippen LogP contribution < -0.4 is 16.4 Å². The molecule has 18 heteroatoms. The lowest BCUT2D eigenvalue weighted by atomic mass is 9.97. The molecule has 1 fully saturated rings. The number of sulfone groups is 1. The van der Waals surface area contributed by atoms with Gasteiger partial charge in [0.05, 0.1) is 17.4 Å². The molecule has 0 aromatic carbocycles. The lowest BCUT2D eigenvalue weighted by Crippen LogP contribution is -2.55. The number of likely N-dealkylation sites (tertiary alicyclic amines) is 1. The van der Waals surface area contributed by atoms with Crippen molar-refractivity contribution in [2.45, 2.75) is 104 Å². The molecule has 4 N–H and O–H groups in total. The summed E-state index contributed by atoms with van der Waals surface area (Å²) in [5, 5.41) is 18.7. The Balaban J connectivity index is 2.32. The number of hydrogen-bond acceptors (Lipinski definition) is 10. The van der Waals surface area contributed by atoms with E-state index in [9.17, 15) is 37.7 Å². The van der Waals surface area contributed by atoms with Crippen LogP contribution in [0.4, 0.5) is 0 Å². The summed E-state index contributed by atoms with van der Waals surface area (Å²) in [5.41, 5.74) is 5.19. The number of hydrazone groups is 1. The molecule has 278 valence electrons. The van der Waals surface area contributed by atoms with Crippen molar-refractivity contribution >= 4 is 39.5 Å². The Kier molecular flexibility index (Phi) is 15.9. The average Bonchev–Trinajstić information content (AvgIpc) is 3.48. The number of nitrogens with two attached hydrogens (primary N) is 1. The zero-order chi connectivity index (χ0) is 36.9. The van der Waals surface area contributed by atoms with Crippen molar-refractivity contribution in [2.75, 3.05) is 37.7 Å². The van der Waals surface area contributed by atoms with E-state index >= 15 is 0 Å². The second-order valence-electron chi connectivity index (χ2n) is 13.2. The quantitative estimate of drug-likeness (QED) is 0.0635. The van der Waals surface area contributed by atoms with Crippen LogP contribution in [-0.4, -0.2) is 109 Å². The molecule has 0 aromatic rings. The smallest absolute Gasteiger partial charge is 0.321 e. The Labute approximate surface area is 288 Å². The summed E-state index contributed by atoms with van der Waals surface area (Å²) in [6, 6.07) is -0.990. The van der Waals surface area contributed by atoms with Crippen molar-refractivity contribution in [1.82, 2.24) is 20.4 Å². The van der Waals surface area contributed by atoms with Crippen LogP contribution in [0.1, 0.15) is 86.5 Å². The third-order valence-corrected chi connectivity index (χ3v) is 9.51. The number of guanidine groups is 1. The van der Waals surface area contributed by atoms with E-state index in [4.69, 9.17) is 15.2 Å². The lowest BCUT2D eigenvalue weighted by Gasteiger charge is -2.36. The van der Waals surface area contributed by atoms with Gasteiger partial charge in [0.15, 0.2) is 21.1 Å². The Morgan fingerprint density at radius 3 is 2.33 bits per heavy atom. The molecule has 3 unspecified atom stereocenters. The minimum absolute atomic E-state index is 0.157. The molecule has 2 heterocycles. The summed E-state index contributed by atoms with van der Waals surface area (Å²) in [5.74, 6) is -6.18. The van der Waals surface area contributed by atoms with Gasteiger partial charge in [0.25, 0.3) is 5.96 Å². The summed E-state index contributed by atoms with van der Waals surface area (Å²) in [6.45, 7) is 10.7. The van der Waals surface area contributed by atoms with E-state index in [0.717, 1.165) is 12.8 Å². The van der Waals surface area contributed by atoms with Crippen LogP contribution in [0.25, 0.3) is 0 Å². The molecule has 2 aliphatic rings. The topological polar surface area (TPSA) is 233 Å². The van der Waals surface area contributed by atoms with Crippen molar-refractivity contribution in [3.63, 3.8) is 0 Å². The number of nitrogens with one attached hydrogen (secondary N) is 2. The maximum Gasteiger partial charge on any atom is 0.321 e. The van der Waals surface area contributed by atoms with Gasteiger partial charge in [0.1, 0.15) is 22.5 Å². The van der Waals surface area contributed by atoms with E-state index in [0.29, 0.717) is 25.7 Å². The molecule has 17 nitrogen and oxygen atoms in total. The van der Waals surface area contributed by atoms with E-state index in [-0.39, 0.29) is 50.2 Å². The van der Waals surface area contributed by atoms with Crippen molar-refractivity contribution in [2.24, 2.45) is 22.7 Å². The minimum atomic E-state index is -4.19. The van der Waals surface area contributed by atoms with Gasteiger partial charge in [-0.3, -0.25) is 19.2 Å². The molecule has 0 spiro atoms. The fraction of sp³-hybridized carbons (Fsp3) is 0.774. The predicted octanol–water partition coefficient (Wildman–Crippen LogP) is 1.26. The SMILES string of the molecule is CCCC(CCC)C(=O)NCC(CS(=O)(=O)CC(=O)OC(C)(C)C)C(=O)N1CCCC1C(=O)NC1=CCCN(/C(N)=N/[N+](=O)[O-])C1OCC. The third-order valence-electron chi connectivity index (χ3n) is 7.92. The van der Waals surface area contributed by atoms with Gasteiger partial charge in [-0.05, 0) is 59.8 Å². The zero-order valence-electron chi connectivity index (χ0n) is 29.4. The summed E-state index contributed by atoms with van der Waals surface area (Å²) in [7, 11) is -4.19. The number of hydrogen-bond donors (Lipinski definition) is 3. The summed E-state index contributed by atoms with van der Waals surface area (Å²) in [4.78, 5) is 66.8. The molecule has 49 heavy (non-hydrogen) atoms. The first-order chi connectivity index (χ1) is 22.9. The van der Waals surface area contributed by atoms with Gasteiger partial charge in [0.2, 0.25) is 17.7 Å². The summed E-state index contributed by atoms with van der Waals surface area (Å²) >= 11 is 0. The first-order valence-corrected chi connectivity index (χ1v) is 18.6. The first-order valence-electron chi connectivity index (χ1n) is 16.8. The zero-order valence-corrected chi connectivity index (χ0v) is 30.3. The molecule has 3 amide bonds. The van der Waals surface area contributed by atoms with Crippen molar-refractivity contribution in [3.8, 4) is 0 Å². The molecule has 1 saturated heterocycles. The normalized spacial score (nSPS) is 19.3. The number of carbonyl (C=O) groups is 4. The fourth-order valence-electron chi connectivity index (χ4n) is 5.94. The van der Waals surface area contributed by atoms with Gasteiger partial charge in [-0.2, -0.15) is 0 Å². The lowest BCUT2D eigenvalue weighted by molar-refractivity contribution is -0.485. The number of ether oxygens (including phenoxy) is 2. The fourth-order valence-corrected chi connectivity index (χ4v) is 7.35.